The third kappa shape index (κ3) is 13.0. The molecule has 6 aliphatic rings. The molecule has 8 amide bonds. The number of urea groups is 2. The highest BCUT2D eigenvalue weighted by molar-refractivity contribution is 5.91. The molecule has 6 saturated heterocycles. The smallest absolute Gasteiger partial charge is 0.435 e. The van der Waals surface area contributed by atoms with E-state index >= 15 is 0 Å². The molecule has 0 aliphatic carbocycles. The van der Waals surface area contributed by atoms with Crippen LogP contribution < -0.4 is 11.0 Å². The van der Waals surface area contributed by atoms with Crippen LogP contribution in [0.3, 0.4) is 0 Å². The fourth-order valence-corrected chi connectivity index (χ4v) is 8.34. The molecule has 6 heterocycles. The zero-order valence-corrected chi connectivity index (χ0v) is 38.6. The van der Waals surface area contributed by atoms with E-state index < -0.39 is 47.4 Å². The van der Waals surface area contributed by atoms with Gasteiger partial charge in [0.05, 0.1) is 12.1 Å². The summed E-state index contributed by atoms with van der Waals surface area (Å²) in [5.41, 5.74) is 4.76. The SMILES string of the molecule is CC(=NC(=O)OC(C)(C)C)N1CC[C@H](ONC(=O)[C@@H]2CC[C@@H]3CN2C(=O)N3O)C1.CC(=NC(=O)OC(C)(C)C)N1CC[C@H](ONC(=O)[C@@H]2CC[C@@H]3CN2C(=O)N3OCc2ccccc2)C1. The van der Waals surface area contributed by atoms with Gasteiger partial charge in [-0.1, -0.05) is 30.3 Å². The van der Waals surface area contributed by atoms with Crippen molar-refractivity contribution >= 4 is 47.7 Å². The number of rotatable bonds is 9. The van der Waals surface area contributed by atoms with Gasteiger partial charge in [-0.3, -0.25) is 29.3 Å². The van der Waals surface area contributed by atoms with Crippen molar-refractivity contribution in [1.82, 2.24) is 40.7 Å². The molecule has 358 valence electrons. The first-order valence-electron chi connectivity index (χ1n) is 22.2. The Kier molecular flexibility index (Phi) is 15.6. The van der Waals surface area contributed by atoms with Crippen molar-refractivity contribution in [1.29, 1.82) is 0 Å². The zero-order valence-electron chi connectivity index (χ0n) is 38.6. The molecule has 6 atom stereocenters. The molecule has 6 fully saturated rings. The number of piperidine rings is 2. The van der Waals surface area contributed by atoms with Gasteiger partial charge in [-0.05, 0) is 99.5 Å². The zero-order chi connectivity index (χ0) is 47.2. The third-order valence-electron chi connectivity index (χ3n) is 11.6. The lowest BCUT2D eigenvalue weighted by molar-refractivity contribution is -0.143. The minimum Gasteiger partial charge on any atom is -0.442 e. The van der Waals surface area contributed by atoms with E-state index in [9.17, 15) is 34.0 Å². The average Bonchev–Trinajstić information content (AvgIpc) is 4.02. The highest BCUT2D eigenvalue weighted by Crippen LogP contribution is 2.31. The van der Waals surface area contributed by atoms with Crippen molar-refractivity contribution < 1.29 is 58.0 Å². The molecule has 0 spiro atoms. The van der Waals surface area contributed by atoms with Crippen molar-refractivity contribution in [2.24, 2.45) is 9.98 Å². The molecule has 0 radical (unpaired) electrons. The van der Waals surface area contributed by atoms with Crippen LogP contribution in [0.4, 0.5) is 19.2 Å². The van der Waals surface area contributed by atoms with Crippen LogP contribution in [0.5, 0.6) is 0 Å². The molecule has 7 rings (SSSR count). The number of carbonyl (C=O) groups excluding carboxylic acids is 6. The number of nitrogens with one attached hydrogen (secondary N) is 2. The maximum Gasteiger partial charge on any atom is 0.435 e. The average molecular weight is 913 g/mol. The van der Waals surface area contributed by atoms with Gasteiger partial charge in [0.25, 0.3) is 11.8 Å². The van der Waals surface area contributed by atoms with Crippen LogP contribution in [0, 0.1) is 0 Å². The second-order valence-electron chi connectivity index (χ2n) is 19.0. The number of amides is 8. The molecule has 0 saturated carbocycles. The minimum absolute atomic E-state index is 0.0678. The number of amidine groups is 2. The number of carbonyl (C=O) groups is 6. The summed E-state index contributed by atoms with van der Waals surface area (Å²) in [6.45, 7) is 17.5. The summed E-state index contributed by atoms with van der Waals surface area (Å²) < 4.78 is 10.4. The summed E-state index contributed by atoms with van der Waals surface area (Å²) in [4.78, 5) is 106. The highest BCUT2D eigenvalue weighted by Gasteiger charge is 2.49. The second-order valence-corrected chi connectivity index (χ2v) is 19.0. The molecule has 6 aliphatic heterocycles. The van der Waals surface area contributed by atoms with Crippen LogP contribution in [0.1, 0.15) is 99.5 Å². The Morgan fingerprint density at radius 3 is 1.62 bits per heavy atom. The quantitative estimate of drug-likeness (QED) is 0.138. The molecule has 0 aromatic heterocycles. The first kappa shape index (κ1) is 48.9. The summed E-state index contributed by atoms with van der Waals surface area (Å²) in [7, 11) is 0. The van der Waals surface area contributed by atoms with Crippen molar-refractivity contribution in [2.75, 3.05) is 39.3 Å². The van der Waals surface area contributed by atoms with Crippen molar-refractivity contribution in [3.05, 3.63) is 35.9 Å². The fourth-order valence-electron chi connectivity index (χ4n) is 8.34. The lowest BCUT2D eigenvalue weighted by Gasteiger charge is -2.29. The Labute approximate surface area is 379 Å². The molecule has 22 nitrogen and oxygen atoms in total. The van der Waals surface area contributed by atoms with E-state index in [1.54, 1.807) is 60.3 Å². The summed E-state index contributed by atoms with van der Waals surface area (Å²) in [6, 6.07) is 7.24. The summed E-state index contributed by atoms with van der Waals surface area (Å²) >= 11 is 0. The maximum absolute atomic E-state index is 12.9. The van der Waals surface area contributed by atoms with Gasteiger partial charge in [0.1, 0.15) is 53.8 Å². The number of fused-ring (bicyclic) bond motifs is 4. The van der Waals surface area contributed by atoms with Crippen molar-refractivity contribution in [3.63, 3.8) is 0 Å². The third-order valence-corrected chi connectivity index (χ3v) is 11.6. The van der Waals surface area contributed by atoms with Crippen LogP contribution in [0.25, 0.3) is 0 Å². The Bertz CT molecular complexity index is 1970. The number of benzene rings is 1. The van der Waals surface area contributed by atoms with E-state index in [2.05, 4.69) is 20.9 Å². The highest BCUT2D eigenvalue weighted by atomic mass is 16.7. The lowest BCUT2D eigenvalue weighted by Crippen LogP contribution is -2.50. The largest absolute Gasteiger partial charge is 0.442 e. The van der Waals surface area contributed by atoms with E-state index in [4.69, 9.17) is 24.0 Å². The molecular weight excluding hydrogens is 849 g/mol. The standard InChI is InChI=1S/C25H35N5O6.C18H29N5O6/c1-17(26-23(32)35-25(2,3)4)28-13-12-20(15-28)36-27-22(31)21-11-10-19-14-29(21)24(33)30(19)34-16-18-8-6-5-7-9-18;1-11(19-16(25)28-18(2,3)4)21-8-7-13(10-21)29-20-15(24)14-6-5-12-9-22(14)17(26)23(12)27/h5-9,19-21H,10-16H2,1-4H3,(H,27,31);12-14,27H,5-10H2,1-4H3,(H,20,24)/t19-,20+,21+;12-,13+,14+/m11/s1. The van der Waals surface area contributed by atoms with E-state index in [1.165, 1.54) is 9.96 Å². The van der Waals surface area contributed by atoms with Gasteiger partial charge < -0.3 is 29.1 Å². The Balaban J connectivity index is 0.000000221. The molecule has 0 unspecified atom stereocenters. The molecule has 1 aromatic rings. The van der Waals surface area contributed by atoms with Gasteiger partial charge in [-0.2, -0.15) is 15.0 Å². The van der Waals surface area contributed by atoms with Gasteiger partial charge >= 0.3 is 24.2 Å². The fraction of sp³-hybridized carbons (Fsp3) is 0.674. The monoisotopic (exact) mass is 912 g/mol. The predicted octanol–water partition coefficient (Wildman–Crippen LogP) is 3.98. The number of hydrogen-bond acceptors (Lipinski definition) is 12. The van der Waals surface area contributed by atoms with Gasteiger partial charge in [0, 0.05) is 39.3 Å². The van der Waals surface area contributed by atoms with Crippen molar-refractivity contribution in [3.8, 4) is 0 Å². The Morgan fingerprint density at radius 2 is 1.12 bits per heavy atom. The number of hydroxylamine groups is 6. The normalized spacial score (nSPS) is 25.7. The van der Waals surface area contributed by atoms with E-state index in [0.717, 1.165) is 5.56 Å². The van der Waals surface area contributed by atoms with E-state index in [-0.39, 0.29) is 36.2 Å². The number of aliphatic imine (C=N–C) groups is 2. The summed E-state index contributed by atoms with van der Waals surface area (Å²) in [6.07, 6.45) is 1.77. The molecule has 22 heteroatoms. The molecule has 65 heavy (non-hydrogen) atoms. The molecular formula is C43H64N10O12. The van der Waals surface area contributed by atoms with Crippen LogP contribution in [0.15, 0.2) is 40.3 Å². The van der Waals surface area contributed by atoms with Crippen LogP contribution >= 0.6 is 0 Å². The van der Waals surface area contributed by atoms with Gasteiger partial charge in [-0.25, -0.2) is 35.2 Å². The Morgan fingerprint density at radius 1 is 0.662 bits per heavy atom. The predicted molar refractivity (Wildman–Crippen MR) is 232 cm³/mol. The topological polar surface area (TPSA) is 237 Å². The first-order valence-corrected chi connectivity index (χ1v) is 22.2. The summed E-state index contributed by atoms with van der Waals surface area (Å²) in [5, 5.41) is 11.8. The first-order chi connectivity index (χ1) is 30.7. The van der Waals surface area contributed by atoms with E-state index in [1.807, 2.05) is 40.1 Å². The van der Waals surface area contributed by atoms with Gasteiger partial charge in [-0.15, -0.1) is 0 Å². The van der Waals surface area contributed by atoms with Crippen LogP contribution in [-0.4, -0.2) is 170 Å². The second kappa shape index (κ2) is 20.7. The van der Waals surface area contributed by atoms with Crippen LogP contribution in [-0.2, 0) is 40.2 Å². The van der Waals surface area contributed by atoms with Gasteiger partial charge in [0.2, 0.25) is 0 Å². The Hall–Kier alpha value is -5.58. The van der Waals surface area contributed by atoms with Crippen LogP contribution in [0.2, 0.25) is 0 Å². The summed E-state index contributed by atoms with van der Waals surface area (Å²) in [5.74, 6) is 0.327. The molecule has 3 N–H and O–H groups in total. The number of likely N-dealkylation sites (tertiary alicyclic amines) is 2. The molecule has 4 bridgehead atoms. The van der Waals surface area contributed by atoms with Gasteiger partial charge in [0.15, 0.2) is 0 Å². The van der Waals surface area contributed by atoms with E-state index in [0.29, 0.717) is 101 Å². The maximum atomic E-state index is 12.9. The number of hydrogen-bond donors (Lipinski definition) is 3. The van der Waals surface area contributed by atoms with Crippen molar-refractivity contribution in [2.45, 2.75) is 148 Å². The molecule has 1 aromatic carbocycles. The minimum atomic E-state index is -0.649. The number of nitrogens with zero attached hydrogens (tertiary/aromatic N) is 8. The number of ether oxygens (including phenoxy) is 2. The lowest BCUT2D eigenvalue weighted by atomic mass is 10.0.